The second-order valence-electron chi connectivity index (χ2n) is 10.9. The normalized spacial score (nSPS) is 20.8. The van der Waals surface area contributed by atoms with Gasteiger partial charge in [0.25, 0.3) is 5.78 Å². The highest BCUT2D eigenvalue weighted by molar-refractivity contribution is 5.78. The number of imidazole rings is 1. The van der Waals surface area contributed by atoms with Gasteiger partial charge in [-0.25, -0.2) is 24.5 Å². The molecule has 3 aliphatic rings. The number of hydrogen-bond acceptors (Lipinski definition) is 7. The van der Waals surface area contributed by atoms with Gasteiger partial charge in [0.2, 0.25) is 5.91 Å². The molecule has 0 saturated carbocycles. The third kappa shape index (κ3) is 4.07. The predicted molar refractivity (Wildman–Crippen MR) is 138 cm³/mol. The van der Waals surface area contributed by atoms with Crippen molar-refractivity contribution in [3.63, 3.8) is 0 Å². The van der Waals surface area contributed by atoms with Crippen molar-refractivity contribution < 1.29 is 4.79 Å². The van der Waals surface area contributed by atoms with Crippen molar-refractivity contribution in [1.82, 2.24) is 39.3 Å². The van der Waals surface area contributed by atoms with Gasteiger partial charge in [-0.3, -0.25) is 9.69 Å². The van der Waals surface area contributed by atoms with Gasteiger partial charge in [-0.1, -0.05) is 12.1 Å². The van der Waals surface area contributed by atoms with Gasteiger partial charge < -0.3 is 4.90 Å². The number of carbonyl (C=O) groups excluding carboxylic acids is 1. The van der Waals surface area contributed by atoms with Crippen molar-refractivity contribution >= 4 is 11.7 Å². The summed E-state index contributed by atoms with van der Waals surface area (Å²) in [5.74, 6) is 0.681. The van der Waals surface area contributed by atoms with Gasteiger partial charge in [0.05, 0.1) is 36.4 Å². The Morgan fingerprint density at radius 2 is 1.95 bits per heavy atom. The van der Waals surface area contributed by atoms with Crippen LogP contribution in [-0.2, 0) is 17.6 Å². The van der Waals surface area contributed by atoms with Crippen LogP contribution in [0.2, 0.25) is 0 Å². The van der Waals surface area contributed by atoms with Gasteiger partial charge in [0.1, 0.15) is 6.33 Å². The van der Waals surface area contributed by atoms with Crippen LogP contribution in [-0.4, -0.2) is 71.4 Å². The fraction of sp³-hybridized carbons (Fsp3) is 0.429. The SMILES string of the molecule is Cc1cc(-c2ccc3c(c2)CCC3N2CC3(CCN(C(=O)Cc4cn5nccnc5n4)CC3)C2)ncn1. The lowest BCUT2D eigenvalue weighted by atomic mass is 9.71. The van der Waals surface area contributed by atoms with E-state index in [0.29, 0.717) is 23.7 Å². The van der Waals surface area contributed by atoms with E-state index in [1.165, 1.54) is 23.1 Å². The van der Waals surface area contributed by atoms with E-state index in [0.717, 1.165) is 62.5 Å². The summed E-state index contributed by atoms with van der Waals surface area (Å²) in [6.07, 6.45) is 11.4. The number of aromatic nitrogens is 6. The molecule has 1 aromatic carbocycles. The molecule has 9 nitrogen and oxygen atoms in total. The van der Waals surface area contributed by atoms with Crippen molar-refractivity contribution in [1.29, 1.82) is 0 Å². The molecule has 2 aliphatic heterocycles. The van der Waals surface area contributed by atoms with Gasteiger partial charge in [0.15, 0.2) is 0 Å². The summed E-state index contributed by atoms with van der Waals surface area (Å²) in [6, 6.07) is 9.42. The zero-order valence-electron chi connectivity index (χ0n) is 21.0. The highest BCUT2D eigenvalue weighted by Crippen LogP contribution is 2.48. The molecular formula is C28H30N8O. The number of hydrogen-bond donors (Lipinski definition) is 0. The Morgan fingerprint density at radius 1 is 1.08 bits per heavy atom. The number of likely N-dealkylation sites (tertiary alicyclic amines) is 2. The molecule has 0 bridgehead atoms. The molecule has 2 saturated heterocycles. The topological polar surface area (TPSA) is 92.4 Å². The van der Waals surface area contributed by atoms with Crippen molar-refractivity contribution in [3.8, 4) is 11.3 Å². The number of fused-ring (bicyclic) bond motifs is 2. The van der Waals surface area contributed by atoms with Crippen molar-refractivity contribution in [2.45, 2.75) is 45.1 Å². The van der Waals surface area contributed by atoms with Crippen LogP contribution in [0.1, 0.15) is 47.8 Å². The lowest BCUT2D eigenvalue weighted by Crippen LogP contribution is -2.61. The van der Waals surface area contributed by atoms with Crippen LogP contribution in [0.5, 0.6) is 0 Å². The van der Waals surface area contributed by atoms with Crippen molar-refractivity contribution in [3.05, 3.63) is 71.7 Å². The van der Waals surface area contributed by atoms with Gasteiger partial charge in [-0.15, -0.1) is 0 Å². The third-order valence-electron chi connectivity index (χ3n) is 8.48. The number of aryl methyl sites for hydroxylation is 2. The van der Waals surface area contributed by atoms with Crippen LogP contribution in [0.25, 0.3) is 17.0 Å². The second-order valence-corrected chi connectivity index (χ2v) is 10.9. The molecule has 37 heavy (non-hydrogen) atoms. The highest BCUT2D eigenvalue weighted by Gasteiger charge is 2.48. The zero-order chi connectivity index (χ0) is 25.0. The minimum absolute atomic E-state index is 0.147. The zero-order valence-corrected chi connectivity index (χ0v) is 21.0. The number of amides is 1. The van der Waals surface area contributed by atoms with Gasteiger partial charge in [0, 0.05) is 43.5 Å². The van der Waals surface area contributed by atoms with Crippen LogP contribution in [0, 0.1) is 12.3 Å². The second kappa shape index (κ2) is 8.69. The molecular weight excluding hydrogens is 464 g/mol. The Balaban J connectivity index is 0.956. The maximum absolute atomic E-state index is 12.9. The summed E-state index contributed by atoms with van der Waals surface area (Å²) < 4.78 is 1.62. The van der Waals surface area contributed by atoms with E-state index >= 15 is 0 Å². The molecule has 1 unspecified atom stereocenters. The van der Waals surface area contributed by atoms with Gasteiger partial charge in [-0.2, -0.15) is 5.10 Å². The maximum Gasteiger partial charge on any atom is 0.250 e. The molecule has 0 N–H and O–H groups in total. The van der Waals surface area contributed by atoms with Crippen LogP contribution < -0.4 is 0 Å². The third-order valence-corrected chi connectivity index (χ3v) is 8.48. The molecule has 9 heteroatoms. The summed E-state index contributed by atoms with van der Waals surface area (Å²) in [6.45, 7) is 5.94. The van der Waals surface area contributed by atoms with E-state index in [9.17, 15) is 4.79 Å². The predicted octanol–water partition coefficient (Wildman–Crippen LogP) is 3.04. The van der Waals surface area contributed by atoms with Gasteiger partial charge in [-0.05, 0) is 61.3 Å². The minimum Gasteiger partial charge on any atom is -0.342 e. The molecule has 7 rings (SSSR count). The number of benzene rings is 1. The largest absolute Gasteiger partial charge is 0.342 e. The maximum atomic E-state index is 12.9. The molecule has 2 fully saturated rings. The van der Waals surface area contributed by atoms with Crippen LogP contribution in [0.4, 0.5) is 0 Å². The Labute approximate surface area is 215 Å². The monoisotopic (exact) mass is 494 g/mol. The summed E-state index contributed by atoms with van der Waals surface area (Å²) in [5.41, 5.74) is 7.19. The quantitative estimate of drug-likeness (QED) is 0.431. The lowest BCUT2D eigenvalue weighted by Gasteiger charge is -2.56. The van der Waals surface area contributed by atoms with E-state index in [2.05, 4.69) is 54.2 Å². The molecule has 1 amide bonds. The lowest BCUT2D eigenvalue weighted by molar-refractivity contribution is -0.136. The first-order chi connectivity index (χ1) is 18.1. The first-order valence-electron chi connectivity index (χ1n) is 13.1. The Hall–Kier alpha value is -3.72. The van der Waals surface area contributed by atoms with E-state index in [4.69, 9.17) is 0 Å². The molecule has 1 aliphatic carbocycles. The average Bonchev–Trinajstić information content (AvgIpc) is 3.50. The van der Waals surface area contributed by atoms with Gasteiger partial charge >= 0.3 is 0 Å². The molecule has 0 radical (unpaired) electrons. The smallest absolute Gasteiger partial charge is 0.250 e. The van der Waals surface area contributed by atoms with Crippen LogP contribution in [0.15, 0.2) is 49.2 Å². The Kier molecular flexibility index (Phi) is 5.28. The number of rotatable bonds is 4. The van der Waals surface area contributed by atoms with E-state index < -0.39 is 0 Å². The van der Waals surface area contributed by atoms with E-state index in [1.54, 1.807) is 29.4 Å². The minimum atomic E-state index is 0.147. The fourth-order valence-electron chi connectivity index (χ4n) is 6.46. The highest BCUT2D eigenvalue weighted by atomic mass is 16.2. The Morgan fingerprint density at radius 3 is 2.76 bits per heavy atom. The summed E-state index contributed by atoms with van der Waals surface area (Å²) in [5, 5.41) is 4.19. The average molecular weight is 495 g/mol. The molecule has 5 heterocycles. The van der Waals surface area contributed by atoms with Crippen LogP contribution in [0.3, 0.4) is 0 Å². The summed E-state index contributed by atoms with van der Waals surface area (Å²) in [4.78, 5) is 34.9. The summed E-state index contributed by atoms with van der Waals surface area (Å²) >= 11 is 0. The number of nitrogens with zero attached hydrogens (tertiary/aromatic N) is 8. The fourth-order valence-corrected chi connectivity index (χ4v) is 6.46. The first-order valence-corrected chi connectivity index (χ1v) is 13.1. The number of carbonyl (C=O) groups is 1. The molecule has 1 spiro atoms. The van der Waals surface area contributed by atoms with E-state index in [-0.39, 0.29) is 5.91 Å². The molecule has 1 atom stereocenters. The first kappa shape index (κ1) is 22.5. The summed E-state index contributed by atoms with van der Waals surface area (Å²) in [7, 11) is 0. The standard InChI is InChI=1S/C28H30N8O/c1-19-12-24(31-18-30-19)21-2-4-23-20(13-21)3-5-25(23)35-16-28(17-35)6-10-34(11-7-28)26(37)14-22-15-36-27(33-22)29-8-9-32-36/h2,4,8-9,12-13,15,18,25H,3,5-7,10-11,14,16-17H2,1H3. The van der Waals surface area contributed by atoms with Crippen molar-refractivity contribution in [2.75, 3.05) is 26.2 Å². The number of piperidine rings is 1. The van der Waals surface area contributed by atoms with Crippen LogP contribution >= 0.6 is 0 Å². The molecule has 188 valence electrons. The van der Waals surface area contributed by atoms with Crippen molar-refractivity contribution in [2.24, 2.45) is 5.41 Å². The molecule has 3 aromatic heterocycles. The Bertz CT molecular complexity index is 1450. The van der Waals surface area contributed by atoms with E-state index in [1.807, 2.05) is 11.8 Å². The molecule has 4 aromatic rings.